The molecule has 122 valence electrons. The lowest BCUT2D eigenvalue weighted by molar-refractivity contribution is -0.138. The second-order valence-electron chi connectivity index (χ2n) is 4.41. The van der Waals surface area contributed by atoms with E-state index in [1.54, 1.807) is 5.43 Å². The molecule has 6 nitrogen and oxygen atoms in total. The molecule has 2 amide bonds. The highest BCUT2D eigenvalue weighted by atomic mass is 19.4. The molecule has 0 fully saturated rings. The minimum atomic E-state index is -4.98. The molecule has 0 atom stereocenters. The van der Waals surface area contributed by atoms with Gasteiger partial charge in [0.25, 0.3) is 11.8 Å². The van der Waals surface area contributed by atoms with Gasteiger partial charge in [-0.05, 0) is 19.1 Å². The number of hydrogen-bond donors (Lipinski definition) is 1. The average Bonchev–Trinajstić information content (AvgIpc) is 2.71. The fourth-order valence-corrected chi connectivity index (χ4v) is 1.89. The third-order valence-electron chi connectivity index (χ3n) is 2.88. The maximum atomic E-state index is 13.0. The smallest absolute Gasteiger partial charge is 0.432 e. The number of rotatable bonds is 4. The third-order valence-corrected chi connectivity index (χ3v) is 2.88. The summed E-state index contributed by atoms with van der Waals surface area (Å²) in [6.07, 6.45) is -4.84. The van der Waals surface area contributed by atoms with Crippen molar-refractivity contribution in [3.8, 4) is 0 Å². The number of carbonyl (C=O) groups is 3. The molecule has 0 spiro atoms. The topological polar surface area (TPSA) is 75.7 Å². The van der Waals surface area contributed by atoms with E-state index in [2.05, 4.69) is 4.74 Å². The van der Waals surface area contributed by atoms with Crippen LogP contribution in [0, 0.1) is 0 Å². The number of halogens is 3. The molecule has 1 aromatic rings. The highest BCUT2D eigenvalue weighted by Crippen LogP contribution is 2.27. The van der Waals surface area contributed by atoms with Crippen LogP contribution < -0.4 is 5.43 Å². The number of imide groups is 1. The fraction of sp³-hybridized carbons (Fsp3) is 0.214. The summed E-state index contributed by atoms with van der Waals surface area (Å²) in [5.74, 6) is -3.13. The van der Waals surface area contributed by atoms with Crippen LogP contribution in [-0.4, -0.2) is 35.6 Å². The molecule has 2 rings (SSSR count). The monoisotopic (exact) mass is 328 g/mol. The van der Waals surface area contributed by atoms with Crippen LogP contribution >= 0.6 is 0 Å². The van der Waals surface area contributed by atoms with Gasteiger partial charge in [-0.15, -0.1) is 0 Å². The molecule has 23 heavy (non-hydrogen) atoms. The molecule has 1 aliphatic heterocycles. The van der Waals surface area contributed by atoms with Gasteiger partial charge in [-0.25, -0.2) is 4.79 Å². The number of allylic oxidation sites excluding steroid dienone is 1. The van der Waals surface area contributed by atoms with Gasteiger partial charge in [-0.2, -0.15) is 18.2 Å². The van der Waals surface area contributed by atoms with Gasteiger partial charge in [-0.3, -0.25) is 15.0 Å². The Bertz CT molecular complexity index is 663. The Morgan fingerprint density at radius 3 is 2.17 bits per heavy atom. The lowest BCUT2D eigenvalue weighted by Crippen LogP contribution is -2.45. The predicted molar refractivity (Wildman–Crippen MR) is 70.8 cm³/mol. The summed E-state index contributed by atoms with van der Waals surface area (Å²) in [4.78, 5) is 35.3. The normalized spacial score (nSPS) is 14.8. The Hall–Kier alpha value is -2.84. The van der Waals surface area contributed by atoms with Crippen molar-refractivity contribution in [2.45, 2.75) is 13.1 Å². The van der Waals surface area contributed by atoms with E-state index in [4.69, 9.17) is 0 Å². The van der Waals surface area contributed by atoms with E-state index in [-0.39, 0.29) is 28.8 Å². The minimum absolute atomic E-state index is 0.0253. The van der Waals surface area contributed by atoms with E-state index in [0.29, 0.717) is 0 Å². The summed E-state index contributed by atoms with van der Waals surface area (Å²) in [6.45, 7) is 1.31. The van der Waals surface area contributed by atoms with Crippen LogP contribution in [0.1, 0.15) is 27.6 Å². The highest BCUT2D eigenvalue weighted by molar-refractivity contribution is 6.21. The Balaban J connectivity index is 2.30. The molecule has 0 bridgehead atoms. The van der Waals surface area contributed by atoms with Crippen molar-refractivity contribution in [2.75, 3.05) is 6.61 Å². The molecule has 1 aliphatic rings. The standard InChI is InChI=1S/C14H11F3N2O4/c1-2-23-11(20)7-10(14(15,16)17)18-19-12(21)8-5-3-4-6-9(8)13(19)22/h3-7,18H,2H2,1H3/b10-7-. The minimum Gasteiger partial charge on any atom is -0.463 e. The Labute approximate surface area is 128 Å². The van der Waals surface area contributed by atoms with Crippen molar-refractivity contribution < 1.29 is 32.3 Å². The molecule has 0 aliphatic carbocycles. The van der Waals surface area contributed by atoms with E-state index >= 15 is 0 Å². The maximum absolute atomic E-state index is 13.0. The van der Waals surface area contributed by atoms with Gasteiger partial charge >= 0.3 is 12.1 Å². The number of esters is 1. The van der Waals surface area contributed by atoms with Crippen LogP contribution in [-0.2, 0) is 9.53 Å². The first kappa shape index (κ1) is 16.5. The first-order chi connectivity index (χ1) is 10.8. The van der Waals surface area contributed by atoms with Gasteiger partial charge in [0.2, 0.25) is 0 Å². The summed E-state index contributed by atoms with van der Waals surface area (Å²) in [5.41, 5.74) is 0.0323. The van der Waals surface area contributed by atoms with Gasteiger partial charge in [0.05, 0.1) is 23.8 Å². The zero-order valence-electron chi connectivity index (χ0n) is 11.8. The van der Waals surface area contributed by atoms with E-state index in [0.717, 1.165) is 0 Å². The van der Waals surface area contributed by atoms with Crippen LogP contribution in [0.3, 0.4) is 0 Å². The second-order valence-corrected chi connectivity index (χ2v) is 4.41. The number of hydrogen-bond acceptors (Lipinski definition) is 5. The molecule has 0 unspecified atom stereocenters. The number of ether oxygens (including phenoxy) is 1. The van der Waals surface area contributed by atoms with Gasteiger partial charge in [0, 0.05) is 0 Å². The van der Waals surface area contributed by atoms with E-state index in [1.165, 1.54) is 31.2 Å². The van der Waals surface area contributed by atoms with Crippen LogP contribution in [0.4, 0.5) is 13.2 Å². The molecule has 1 N–H and O–H groups in total. The molecule has 1 aromatic carbocycles. The van der Waals surface area contributed by atoms with Crippen molar-refractivity contribution in [3.05, 3.63) is 47.2 Å². The number of benzene rings is 1. The highest BCUT2D eigenvalue weighted by Gasteiger charge is 2.42. The quantitative estimate of drug-likeness (QED) is 0.518. The van der Waals surface area contributed by atoms with E-state index < -0.39 is 29.7 Å². The van der Waals surface area contributed by atoms with Crippen molar-refractivity contribution in [1.82, 2.24) is 10.4 Å². The van der Waals surface area contributed by atoms with Gasteiger partial charge in [0.1, 0.15) is 5.70 Å². The Kier molecular flexibility index (Phi) is 4.39. The van der Waals surface area contributed by atoms with Crippen molar-refractivity contribution >= 4 is 17.8 Å². The predicted octanol–water partition coefficient (Wildman–Crippen LogP) is 1.80. The largest absolute Gasteiger partial charge is 0.463 e. The summed E-state index contributed by atoms with van der Waals surface area (Å²) in [5, 5.41) is 0.212. The molecule has 0 saturated heterocycles. The summed E-state index contributed by atoms with van der Waals surface area (Å²) in [6, 6.07) is 5.60. The van der Waals surface area contributed by atoms with Crippen LogP contribution in [0.5, 0.6) is 0 Å². The number of carbonyl (C=O) groups excluding carboxylic acids is 3. The Morgan fingerprint density at radius 1 is 1.22 bits per heavy atom. The number of alkyl halides is 3. The number of nitrogens with zero attached hydrogens (tertiary/aromatic N) is 1. The van der Waals surface area contributed by atoms with Crippen LogP contribution in [0.25, 0.3) is 0 Å². The Morgan fingerprint density at radius 2 is 1.74 bits per heavy atom. The van der Waals surface area contributed by atoms with Crippen molar-refractivity contribution in [1.29, 1.82) is 0 Å². The van der Waals surface area contributed by atoms with Gasteiger partial charge in [0.15, 0.2) is 0 Å². The summed E-state index contributed by atoms with van der Waals surface area (Å²) >= 11 is 0. The molecule has 0 aromatic heterocycles. The molecule has 9 heteroatoms. The summed E-state index contributed by atoms with van der Waals surface area (Å²) in [7, 11) is 0. The molecule has 0 radical (unpaired) electrons. The van der Waals surface area contributed by atoms with Crippen molar-refractivity contribution in [2.24, 2.45) is 0 Å². The fourth-order valence-electron chi connectivity index (χ4n) is 1.89. The lowest BCUT2D eigenvalue weighted by Gasteiger charge is -2.20. The van der Waals surface area contributed by atoms with Gasteiger partial charge < -0.3 is 4.74 Å². The zero-order valence-corrected chi connectivity index (χ0v) is 11.8. The van der Waals surface area contributed by atoms with E-state index in [9.17, 15) is 27.6 Å². The number of fused-ring (bicyclic) bond motifs is 1. The van der Waals surface area contributed by atoms with Crippen molar-refractivity contribution in [3.63, 3.8) is 0 Å². The third kappa shape index (κ3) is 3.33. The number of hydrazine groups is 1. The maximum Gasteiger partial charge on any atom is 0.432 e. The van der Waals surface area contributed by atoms with Gasteiger partial charge in [-0.1, -0.05) is 12.1 Å². The molecule has 0 saturated carbocycles. The van der Waals surface area contributed by atoms with E-state index in [1.807, 2.05) is 0 Å². The average molecular weight is 328 g/mol. The molecular formula is C14H11F3N2O4. The first-order valence-corrected chi connectivity index (χ1v) is 6.45. The second kappa shape index (κ2) is 6.11. The number of amides is 2. The molecular weight excluding hydrogens is 317 g/mol. The van der Waals surface area contributed by atoms with Crippen LogP contribution in [0.2, 0.25) is 0 Å². The first-order valence-electron chi connectivity index (χ1n) is 6.45. The molecule has 1 heterocycles. The summed E-state index contributed by atoms with van der Waals surface area (Å²) < 4.78 is 43.3. The zero-order chi connectivity index (χ0) is 17.2. The lowest BCUT2D eigenvalue weighted by atomic mass is 10.1. The van der Waals surface area contributed by atoms with Crippen LogP contribution in [0.15, 0.2) is 36.0 Å². The number of nitrogens with one attached hydrogen (secondary N) is 1. The SMILES string of the molecule is CCOC(=O)/C=C(\NN1C(=O)c2ccccc2C1=O)C(F)(F)F.